The molecule has 4 heterocycles. The molecule has 0 aliphatic carbocycles. The number of nitrogens with zero attached hydrogens (tertiary/aromatic N) is 4. The number of piperidine rings is 1. The quantitative estimate of drug-likeness (QED) is 0.732. The van der Waals surface area contributed by atoms with Crippen LogP contribution in [0.1, 0.15) is 35.0 Å². The summed E-state index contributed by atoms with van der Waals surface area (Å²) >= 11 is 0. The van der Waals surface area contributed by atoms with Crippen LogP contribution in [-0.2, 0) is 0 Å². The smallest absolute Gasteiger partial charge is 0.181 e. The van der Waals surface area contributed by atoms with Gasteiger partial charge in [-0.25, -0.2) is 9.97 Å². The van der Waals surface area contributed by atoms with Crippen LogP contribution in [0, 0.1) is 11.3 Å². The third-order valence-electron chi connectivity index (χ3n) is 5.68. The number of hydrogen-bond donors (Lipinski definition) is 2. The first-order chi connectivity index (χ1) is 13.0. The van der Waals surface area contributed by atoms with Crippen molar-refractivity contribution in [3.63, 3.8) is 0 Å². The molecular formula is C21H30N6. The Morgan fingerprint density at radius 1 is 1.33 bits per heavy atom. The van der Waals surface area contributed by atoms with E-state index in [1.807, 2.05) is 18.2 Å². The highest BCUT2D eigenvalue weighted by atomic mass is 15.2. The van der Waals surface area contributed by atoms with Gasteiger partial charge >= 0.3 is 0 Å². The first-order valence-electron chi connectivity index (χ1n) is 9.73. The van der Waals surface area contributed by atoms with Crippen LogP contribution >= 0.6 is 0 Å². The van der Waals surface area contributed by atoms with E-state index in [4.69, 9.17) is 10.7 Å². The molecule has 3 N–H and O–H groups in total. The summed E-state index contributed by atoms with van der Waals surface area (Å²) < 4.78 is 0. The lowest BCUT2D eigenvalue weighted by Crippen LogP contribution is -2.54. The highest BCUT2D eigenvalue weighted by molar-refractivity contribution is 5.89. The molecule has 1 fully saturated rings. The number of aromatic amines is 1. The zero-order chi connectivity index (χ0) is 19.0. The van der Waals surface area contributed by atoms with E-state index in [-0.39, 0.29) is 12.9 Å². The van der Waals surface area contributed by atoms with Crippen LogP contribution in [0.15, 0.2) is 36.5 Å². The molecule has 0 aromatic carbocycles. The second-order valence-corrected chi connectivity index (χ2v) is 8.42. The largest absolute Gasteiger partial charge is 0.356 e. The molecular weight excluding hydrogens is 336 g/mol. The number of aromatic nitrogens is 4. The standard InChI is InChI=1S/C21H28N6.H2/c1-14(2)12-21(3)13-27(11-9-17(21)22)18-8-4-7-16(24-18)19-15-6-5-10-23-20(15)26-25-19;/h4-8,10,14,17H,9,11-13,22H2,1-3H3,(H,23,25,26);1H. The number of nitrogens with two attached hydrogens (primary N) is 1. The lowest BCUT2D eigenvalue weighted by atomic mass is 9.72. The predicted molar refractivity (Wildman–Crippen MR) is 112 cm³/mol. The van der Waals surface area contributed by atoms with Crippen molar-refractivity contribution >= 4 is 16.9 Å². The maximum atomic E-state index is 6.50. The molecule has 144 valence electrons. The van der Waals surface area contributed by atoms with E-state index >= 15 is 0 Å². The van der Waals surface area contributed by atoms with Crippen LogP contribution in [-0.4, -0.2) is 39.3 Å². The maximum absolute atomic E-state index is 6.50. The van der Waals surface area contributed by atoms with Gasteiger partial charge in [-0.1, -0.05) is 26.8 Å². The molecule has 27 heavy (non-hydrogen) atoms. The Morgan fingerprint density at radius 2 is 2.19 bits per heavy atom. The van der Waals surface area contributed by atoms with Gasteiger partial charge in [-0.15, -0.1) is 0 Å². The van der Waals surface area contributed by atoms with Gasteiger partial charge in [-0.05, 0) is 43.0 Å². The fourth-order valence-corrected chi connectivity index (χ4v) is 4.40. The van der Waals surface area contributed by atoms with Crippen molar-refractivity contribution in [1.29, 1.82) is 0 Å². The molecule has 3 aromatic rings. The van der Waals surface area contributed by atoms with Gasteiger partial charge in [0.25, 0.3) is 0 Å². The Kier molecular flexibility index (Phi) is 4.60. The first kappa shape index (κ1) is 17.9. The molecule has 0 radical (unpaired) electrons. The molecule has 3 aromatic heterocycles. The lowest BCUT2D eigenvalue weighted by molar-refractivity contribution is 0.176. The topological polar surface area (TPSA) is 83.7 Å². The van der Waals surface area contributed by atoms with E-state index in [1.54, 1.807) is 6.20 Å². The molecule has 6 heteroatoms. The molecule has 1 aliphatic rings. The van der Waals surface area contributed by atoms with Crippen molar-refractivity contribution in [2.75, 3.05) is 18.0 Å². The van der Waals surface area contributed by atoms with E-state index in [9.17, 15) is 0 Å². The number of rotatable bonds is 4. The molecule has 0 bridgehead atoms. The van der Waals surface area contributed by atoms with Crippen molar-refractivity contribution in [2.45, 2.75) is 39.7 Å². The Labute approximate surface area is 161 Å². The van der Waals surface area contributed by atoms with Gasteiger partial charge in [0.15, 0.2) is 5.65 Å². The summed E-state index contributed by atoms with van der Waals surface area (Å²) in [5, 5.41) is 8.39. The van der Waals surface area contributed by atoms with Crippen molar-refractivity contribution in [3.05, 3.63) is 36.5 Å². The van der Waals surface area contributed by atoms with Gasteiger partial charge in [-0.2, -0.15) is 5.10 Å². The van der Waals surface area contributed by atoms with E-state index in [0.29, 0.717) is 11.6 Å². The molecule has 4 rings (SSSR count). The van der Waals surface area contributed by atoms with Gasteiger partial charge in [0.2, 0.25) is 0 Å². The van der Waals surface area contributed by atoms with Crippen molar-refractivity contribution in [3.8, 4) is 11.4 Å². The van der Waals surface area contributed by atoms with Crippen molar-refractivity contribution < 1.29 is 1.43 Å². The first-order valence-corrected chi connectivity index (χ1v) is 9.73. The van der Waals surface area contributed by atoms with Gasteiger partial charge in [-0.3, -0.25) is 5.10 Å². The zero-order valence-corrected chi connectivity index (χ0v) is 16.3. The fourth-order valence-electron chi connectivity index (χ4n) is 4.40. The summed E-state index contributed by atoms with van der Waals surface area (Å²) in [6.07, 6.45) is 3.87. The number of fused-ring (bicyclic) bond motifs is 1. The van der Waals surface area contributed by atoms with E-state index in [1.165, 1.54) is 0 Å². The minimum absolute atomic E-state index is 0. The molecule has 6 nitrogen and oxygen atoms in total. The summed E-state index contributed by atoms with van der Waals surface area (Å²) in [6.45, 7) is 8.74. The molecule has 0 amide bonds. The number of hydrogen-bond acceptors (Lipinski definition) is 5. The van der Waals surface area contributed by atoms with Gasteiger partial charge < -0.3 is 10.6 Å². The molecule has 0 spiro atoms. The fraction of sp³-hybridized carbons (Fsp3) is 0.476. The van der Waals surface area contributed by atoms with Crippen LogP contribution in [0.4, 0.5) is 5.82 Å². The second kappa shape index (κ2) is 6.93. The van der Waals surface area contributed by atoms with Gasteiger partial charge in [0, 0.05) is 37.6 Å². The van der Waals surface area contributed by atoms with Crippen LogP contribution in [0.5, 0.6) is 0 Å². The summed E-state index contributed by atoms with van der Waals surface area (Å²) in [7, 11) is 0. The molecule has 2 unspecified atom stereocenters. The van der Waals surface area contributed by atoms with Crippen LogP contribution in [0.3, 0.4) is 0 Å². The van der Waals surface area contributed by atoms with Crippen molar-refractivity contribution in [1.82, 2.24) is 20.2 Å². The third kappa shape index (κ3) is 3.41. The Bertz CT molecular complexity index is 939. The molecule has 0 saturated carbocycles. The second-order valence-electron chi connectivity index (χ2n) is 8.42. The van der Waals surface area contributed by atoms with E-state index in [0.717, 1.165) is 48.5 Å². The summed E-state index contributed by atoms with van der Waals surface area (Å²) in [4.78, 5) is 11.6. The highest BCUT2D eigenvalue weighted by Crippen LogP contribution is 2.37. The summed E-state index contributed by atoms with van der Waals surface area (Å²) in [5.74, 6) is 1.63. The molecule has 1 saturated heterocycles. The average molecular weight is 367 g/mol. The summed E-state index contributed by atoms with van der Waals surface area (Å²) in [6, 6.07) is 10.4. The lowest BCUT2D eigenvalue weighted by Gasteiger charge is -2.46. The Balaban J connectivity index is 0.00000225. The normalized spacial score (nSPS) is 23.3. The van der Waals surface area contributed by atoms with Gasteiger partial charge in [0.1, 0.15) is 5.82 Å². The Morgan fingerprint density at radius 3 is 3.00 bits per heavy atom. The average Bonchev–Trinajstić information content (AvgIpc) is 3.08. The van der Waals surface area contributed by atoms with Crippen molar-refractivity contribution in [2.24, 2.45) is 17.1 Å². The van der Waals surface area contributed by atoms with Crippen LogP contribution < -0.4 is 10.6 Å². The predicted octanol–water partition coefficient (Wildman–Crippen LogP) is 3.86. The monoisotopic (exact) mass is 366 g/mol. The number of anilines is 1. The van der Waals surface area contributed by atoms with E-state index < -0.39 is 0 Å². The van der Waals surface area contributed by atoms with Crippen LogP contribution in [0.2, 0.25) is 0 Å². The minimum Gasteiger partial charge on any atom is -0.356 e. The SMILES string of the molecule is CC(C)CC1(C)CN(c2cccc(-c3[nH]nc4ncccc34)n2)CCC1N.[HH]. The summed E-state index contributed by atoms with van der Waals surface area (Å²) in [5.41, 5.74) is 9.13. The highest BCUT2D eigenvalue weighted by Gasteiger charge is 2.38. The van der Waals surface area contributed by atoms with E-state index in [2.05, 4.69) is 53.0 Å². The van der Waals surface area contributed by atoms with Crippen LogP contribution in [0.25, 0.3) is 22.4 Å². The Hall–Kier alpha value is -2.47. The third-order valence-corrected chi connectivity index (χ3v) is 5.68. The molecule has 2 atom stereocenters. The molecule has 1 aliphatic heterocycles. The number of H-pyrrole nitrogens is 1. The number of pyridine rings is 2. The zero-order valence-electron chi connectivity index (χ0n) is 16.3. The van der Waals surface area contributed by atoms with Gasteiger partial charge in [0.05, 0.1) is 11.4 Å². The minimum atomic E-state index is 0. The number of nitrogens with one attached hydrogen (secondary N) is 1. The maximum Gasteiger partial charge on any atom is 0.181 e.